The van der Waals surface area contributed by atoms with Crippen molar-refractivity contribution >= 4 is 17.3 Å². The Bertz CT molecular complexity index is 1480. The maximum atomic E-state index is 13.7. The number of fused-ring (bicyclic) bond motifs is 1. The Balaban J connectivity index is 1.62. The second-order valence-corrected chi connectivity index (χ2v) is 9.28. The zero-order chi connectivity index (χ0) is 25.6. The number of methoxy groups -OCH3 is 2. The lowest BCUT2D eigenvalue weighted by Gasteiger charge is -2.35. The van der Waals surface area contributed by atoms with Crippen molar-refractivity contribution in [3.05, 3.63) is 91.3 Å². The van der Waals surface area contributed by atoms with Crippen LogP contribution >= 0.6 is 0 Å². The minimum absolute atomic E-state index is 0.0403. The Morgan fingerprint density at radius 2 is 1.56 bits per heavy atom. The van der Waals surface area contributed by atoms with E-state index in [0.29, 0.717) is 47.0 Å². The van der Waals surface area contributed by atoms with Gasteiger partial charge in [-0.25, -0.2) is 4.79 Å². The number of H-pyrrole nitrogens is 2. The van der Waals surface area contributed by atoms with E-state index in [-0.39, 0.29) is 11.7 Å². The number of hydrogen-bond donors (Lipinski definition) is 3. The van der Waals surface area contributed by atoms with Gasteiger partial charge < -0.3 is 19.7 Å². The molecular formula is C27H28N4O5. The van der Waals surface area contributed by atoms with E-state index in [9.17, 15) is 14.4 Å². The molecule has 1 aliphatic heterocycles. The molecule has 186 valence electrons. The van der Waals surface area contributed by atoms with E-state index in [2.05, 4.69) is 15.3 Å². The quantitative estimate of drug-likeness (QED) is 0.505. The van der Waals surface area contributed by atoms with Crippen molar-refractivity contribution in [3.8, 4) is 11.5 Å². The number of nitrogens with one attached hydrogen (secondary N) is 3. The summed E-state index contributed by atoms with van der Waals surface area (Å²) >= 11 is 0. The summed E-state index contributed by atoms with van der Waals surface area (Å²) in [7, 11) is 7.05. The Hall–Kier alpha value is -4.27. The minimum Gasteiger partial charge on any atom is -0.493 e. The third-order valence-corrected chi connectivity index (χ3v) is 6.96. The summed E-state index contributed by atoms with van der Waals surface area (Å²) in [6.45, 7) is 0. The normalized spacial score (nSPS) is 18.7. The Morgan fingerprint density at radius 1 is 0.861 bits per heavy atom. The van der Waals surface area contributed by atoms with Gasteiger partial charge in [-0.15, -0.1) is 0 Å². The number of carbonyl (C=O) groups is 1. The summed E-state index contributed by atoms with van der Waals surface area (Å²) in [6, 6.07) is 13.4. The van der Waals surface area contributed by atoms with Gasteiger partial charge >= 0.3 is 5.69 Å². The van der Waals surface area contributed by atoms with Crippen LogP contribution in [0.25, 0.3) is 0 Å². The first-order valence-corrected chi connectivity index (χ1v) is 11.7. The maximum absolute atomic E-state index is 13.7. The predicted octanol–water partition coefficient (Wildman–Crippen LogP) is 3.10. The second-order valence-electron chi connectivity index (χ2n) is 9.28. The highest BCUT2D eigenvalue weighted by atomic mass is 16.5. The summed E-state index contributed by atoms with van der Waals surface area (Å²) in [5.41, 5.74) is 3.26. The van der Waals surface area contributed by atoms with Crippen molar-refractivity contribution in [1.29, 1.82) is 0 Å². The van der Waals surface area contributed by atoms with Gasteiger partial charge in [0.05, 0.1) is 19.8 Å². The molecule has 5 rings (SSSR count). The topological polar surface area (TPSA) is 117 Å². The maximum Gasteiger partial charge on any atom is 0.327 e. The van der Waals surface area contributed by atoms with Crippen molar-refractivity contribution < 1.29 is 14.3 Å². The molecule has 36 heavy (non-hydrogen) atoms. The molecule has 2 aromatic carbocycles. The fourth-order valence-corrected chi connectivity index (χ4v) is 5.19. The number of anilines is 2. The number of ether oxygens (including phenoxy) is 2. The van der Waals surface area contributed by atoms with Gasteiger partial charge in [0, 0.05) is 43.4 Å². The average molecular weight is 489 g/mol. The molecule has 1 aliphatic carbocycles. The first kappa shape index (κ1) is 23.5. The number of benzene rings is 2. The van der Waals surface area contributed by atoms with E-state index in [4.69, 9.17) is 9.47 Å². The molecule has 0 fully saturated rings. The van der Waals surface area contributed by atoms with Crippen LogP contribution in [0.5, 0.6) is 11.5 Å². The predicted molar refractivity (Wildman–Crippen MR) is 137 cm³/mol. The third-order valence-electron chi connectivity index (χ3n) is 6.96. The molecule has 0 unspecified atom stereocenters. The van der Waals surface area contributed by atoms with Crippen LogP contribution in [0.2, 0.25) is 0 Å². The molecule has 2 aliphatic rings. The lowest BCUT2D eigenvalue weighted by molar-refractivity contribution is -0.116. The molecular weight excluding hydrogens is 460 g/mol. The summed E-state index contributed by atoms with van der Waals surface area (Å²) in [5.74, 6) is 0.805. The summed E-state index contributed by atoms with van der Waals surface area (Å²) in [6.07, 6.45) is 0.829. The molecule has 2 atom stereocenters. The smallest absolute Gasteiger partial charge is 0.327 e. The van der Waals surface area contributed by atoms with Crippen LogP contribution in [0.3, 0.4) is 0 Å². The zero-order valence-electron chi connectivity index (χ0n) is 20.6. The van der Waals surface area contributed by atoms with Crippen LogP contribution in [0.4, 0.5) is 11.5 Å². The van der Waals surface area contributed by atoms with E-state index in [0.717, 1.165) is 16.8 Å². The number of rotatable bonds is 5. The number of Topliss-reactive ketones (excluding diaryl/α,β-unsaturated/α-hetero) is 1. The van der Waals surface area contributed by atoms with Crippen LogP contribution in [0.15, 0.2) is 63.3 Å². The molecule has 1 aromatic heterocycles. The van der Waals surface area contributed by atoms with Crippen LogP contribution in [0, 0.1) is 0 Å². The number of carbonyl (C=O) groups excluding carboxylic acids is 1. The Labute approximate surface area is 207 Å². The highest BCUT2D eigenvalue weighted by molar-refractivity contribution is 6.01. The van der Waals surface area contributed by atoms with Gasteiger partial charge in [0.25, 0.3) is 5.56 Å². The number of hydrogen-bond acceptors (Lipinski definition) is 7. The van der Waals surface area contributed by atoms with Crippen molar-refractivity contribution in [2.24, 2.45) is 0 Å². The van der Waals surface area contributed by atoms with Gasteiger partial charge in [0.1, 0.15) is 5.82 Å². The van der Waals surface area contributed by atoms with E-state index >= 15 is 0 Å². The van der Waals surface area contributed by atoms with E-state index in [1.807, 2.05) is 61.5 Å². The average Bonchev–Trinajstić information content (AvgIpc) is 2.86. The molecule has 3 N–H and O–H groups in total. The van der Waals surface area contributed by atoms with Crippen LogP contribution < -0.4 is 30.9 Å². The fourth-order valence-electron chi connectivity index (χ4n) is 5.19. The van der Waals surface area contributed by atoms with Crippen molar-refractivity contribution in [2.75, 3.05) is 38.5 Å². The molecule has 0 bridgehead atoms. The number of nitrogens with zero attached hydrogens (tertiary/aromatic N) is 1. The molecule has 3 aromatic rings. The second kappa shape index (κ2) is 9.07. The Morgan fingerprint density at radius 3 is 2.22 bits per heavy atom. The zero-order valence-corrected chi connectivity index (χ0v) is 20.6. The van der Waals surface area contributed by atoms with Crippen LogP contribution in [0.1, 0.15) is 41.4 Å². The fraction of sp³-hybridized carbons (Fsp3) is 0.296. The molecule has 0 saturated heterocycles. The summed E-state index contributed by atoms with van der Waals surface area (Å²) in [5, 5.41) is 3.21. The molecule has 9 nitrogen and oxygen atoms in total. The highest BCUT2D eigenvalue weighted by Gasteiger charge is 2.40. The van der Waals surface area contributed by atoms with Crippen LogP contribution in [-0.2, 0) is 4.79 Å². The number of aromatic nitrogens is 2. The molecule has 0 radical (unpaired) electrons. The minimum atomic E-state index is -0.601. The molecule has 0 saturated carbocycles. The van der Waals surface area contributed by atoms with E-state index in [1.165, 1.54) is 0 Å². The Kier molecular flexibility index (Phi) is 5.91. The highest BCUT2D eigenvalue weighted by Crippen LogP contribution is 2.47. The summed E-state index contributed by atoms with van der Waals surface area (Å²) in [4.78, 5) is 45.8. The van der Waals surface area contributed by atoms with Gasteiger partial charge in [-0.3, -0.25) is 19.6 Å². The standard InChI is InChI=1S/C27H28N4O5/c1-31(2)17-8-5-14(6-9-17)22-23-18(28-25-24(22)26(33)30-27(34)29-25)11-16(12-19(23)32)15-7-10-20(35-3)21(13-15)36-4/h5-10,13,16,22H,11-12H2,1-4H3,(H3,28,29,30,33,34)/t16-,22-/m0/s1. The molecule has 0 amide bonds. The van der Waals surface area contributed by atoms with Gasteiger partial charge in [0.2, 0.25) is 0 Å². The number of aromatic amines is 2. The van der Waals surface area contributed by atoms with Gasteiger partial charge in [-0.1, -0.05) is 18.2 Å². The number of allylic oxidation sites excluding steroid dienone is 2. The third kappa shape index (κ3) is 3.96. The van der Waals surface area contributed by atoms with E-state index in [1.54, 1.807) is 14.2 Å². The lowest BCUT2D eigenvalue weighted by Crippen LogP contribution is -2.37. The van der Waals surface area contributed by atoms with Gasteiger partial charge in [-0.2, -0.15) is 0 Å². The van der Waals surface area contributed by atoms with Crippen molar-refractivity contribution in [2.45, 2.75) is 24.7 Å². The monoisotopic (exact) mass is 488 g/mol. The SMILES string of the molecule is COc1ccc([C@@H]2CC(=O)C3=C(C2)Nc2[nH]c(=O)[nH]c(=O)c2[C@H]3c2ccc(N(C)C)cc2)cc1OC. The molecule has 9 heteroatoms. The van der Waals surface area contributed by atoms with E-state index < -0.39 is 17.2 Å². The van der Waals surface area contributed by atoms with Gasteiger partial charge in [-0.05, 0) is 47.7 Å². The largest absolute Gasteiger partial charge is 0.493 e. The summed E-state index contributed by atoms with van der Waals surface area (Å²) < 4.78 is 10.8. The molecule has 2 heterocycles. The number of ketones is 1. The van der Waals surface area contributed by atoms with Gasteiger partial charge in [0.15, 0.2) is 17.3 Å². The molecule has 0 spiro atoms. The first-order valence-electron chi connectivity index (χ1n) is 11.7. The van der Waals surface area contributed by atoms with Crippen molar-refractivity contribution in [3.63, 3.8) is 0 Å². The van der Waals surface area contributed by atoms with Crippen LogP contribution in [-0.4, -0.2) is 44.1 Å². The van der Waals surface area contributed by atoms with Crippen molar-refractivity contribution in [1.82, 2.24) is 9.97 Å². The lowest BCUT2D eigenvalue weighted by atomic mass is 9.72. The first-order chi connectivity index (χ1) is 17.3.